The van der Waals surface area contributed by atoms with Gasteiger partial charge in [-0.1, -0.05) is 12.1 Å². The summed E-state index contributed by atoms with van der Waals surface area (Å²) in [4.78, 5) is 24.8. The lowest BCUT2D eigenvalue weighted by Gasteiger charge is -2.22. The van der Waals surface area contributed by atoms with E-state index in [2.05, 4.69) is 0 Å². The number of carbonyl (C=O) groups excluding carboxylic acids is 1. The molecule has 1 atom stereocenters. The molecule has 24 heavy (non-hydrogen) atoms. The molecule has 0 aliphatic carbocycles. The average molecular weight is 348 g/mol. The van der Waals surface area contributed by atoms with Crippen LogP contribution in [0.5, 0.6) is 0 Å². The molecule has 3 rings (SSSR count). The van der Waals surface area contributed by atoms with Crippen LogP contribution >= 0.6 is 0 Å². The summed E-state index contributed by atoms with van der Waals surface area (Å²) in [5.41, 5.74) is 1.08. The summed E-state index contributed by atoms with van der Waals surface area (Å²) < 4.78 is 26.5. The lowest BCUT2D eigenvalue weighted by atomic mass is 10.1. The highest BCUT2D eigenvalue weighted by atomic mass is 32.2. The van der Waals surface area contributed by atoms with Crippen molar-refractivity contribution in [2.24, 2.45) is 0 Å². The van der Waals surface area contributed by atoms with E-state index in [1.165, 1.54) is 24.9 Å². The third kappa shape index (κ3) is 2.10. The second-order valence-corrected chi connectivity index (χ2v) is 7.68. The first-order valence-corrected chi connectivity index (χ1v) is 8.66. The molecule has 1 amide bonds. The topological polar surface area (TPSA) is 95.0 Å². The molecule has 1 heterocycles. The number of hydrogen-bond acceptors (Lipinski definition) is 4. The van der Waals surface area contributed by atoms with Crippen LogP contribution in [0.1, 0.15) is 17.3 Å². The Kier molecular flexibility index (Phi) is 3.61. The van der Waals surface area contributed by atoms with E-state index in [0.717, 1.165) is 4.31 Å². The monoisotopic (exact) mass is 348 g/mol. The molecule has 1 aliphatic heterocycles. The molecule has 126 valence electrons. The smallest absolute Gasteiger partial charge is 0.321 e. The summed E-state index contributed by atoms with van der Waals surface area (Å²) in [6, 6.07) is 6.68. The lowest BCUT2D eigenvalue weighted by molar-refractivity contribution is -0.140. The van der Waals surface area contributed by atoms with E-state index in [1.54, 1.807) is 31.3 Å². The Morgan fingerprint density at radius 1 is 1.25 bits per heavy atom. The largest absolute Gasteiger partial charge is 0.480 e. The van der Waals surface area contributed by atoms with E-state index in [1.807, 2.05) is 0 Å². The number of carbonyl (C=O) groups is 2. The number of nitrogens with zero attached hydrogens (tertiary/aromatic N) is 2. The molecule has 8 heteroatoms. The van der Waals surface area contributed by atoms with Gasteiger partial charge in [-0.05, 0) is 25.1 Å². The molecule has 1 aliphatic rings. The third-order valence-corrected chi connectivity index (χ3v) is 6.42. The van der Waals surface area contributed by atoms with Crippen LogP contribution in [0.4, 0.5) is 5.69 Å². The van der Waals surface area contributed by atoms with E-state index in [0.29, 0.717) is 22.0 Å². The lowest BCUT2D eigenvalue weighted by Crippen LogP contribution is -2.40. The van der Waals surface area contributed by atoms with E-state index >= 15 is 0 Å². The van der Waals surface area contributed by atoms with Gasteiger partial charge in [0, 0.05) is 30.4 Å². The molecule has 0 radical (unpaired) electrons. The van der Waals surface area contributed by atoms with Crippen LogP contribution < -0.4 is 4.90 Å². The quantitative estimate of drug-likeness (QED) is 0.904. The Labute approximate surface area is 139 Å². The Hall–Kier alpha value is -2.45. The number of benzene rings is 2. The number of carboxylic acid groups (broad SMARTS) is 1. The van der Waals surface area contributed by atoms with Crippen LogP contribution in [0.3, 0.4) is 0 Å². The van der Waals surface area contributed by atoms with E-state index < -0.39 is 22.0 Å². The zero-order valence-electron chi connectivity index (χ0n) is 13.3. The molecule has 0 spiro atoms. The molecule has 1 N–H and O–H groups in total. The van der Waals surface area contributed by atoms with Crippen molar-refractivity contribution in [1.82, 2.24) is 4.31 Å². The molecule has 0 fully saturated rings. The predicted molar refractivity (Wildman–Crippen MR) is 88.7 cm³/mol. The van der Waals surface area contributed by atoms with Crippen molar-refractivity contribution in [2.45, 2.75) is 17.9 Å². The fourth-order valence-corrected chi connectivity index (χ4v) is 4.36. The van der Waals surface area contributed by atoms with Gasteiger partial charge in [0.1, 0.15) is 6.04 Å². The van der Waals surface area contributed by atoms with Crippen LogP contribution in [-0.2, 0) is 14.8 Å². The van der Waals surface area contributed by atoms with Crippen molar-refractivity contribution in [3.63, 3.8) is 0 Å². The molecule has 7 nitrogen and oxygen atoms in total. The maximum atomic E-state index is 12.9. The Morgan fingerprint density at radius 3 is 2.54 bits per heavy atom. The highest BCUT2D eigenvalue weighted by Crippen LogP contribution is 2.39. The fraction of sp³-hybridized carbons (Fsp3) is 0.250. The minimum atomic E-state index is -4.03. The molecule has 0 aromatic heterocycles. The highest BCUT2D eigenvalue weighted by Gasteiger charge is 2.34. The van der Waals surface area contributed by atoms with Gasteiger partial charge in [-0.15, -0.1) is 0 Å². The molecule has 2 aromatic rings. The first-order valence-electron chi connectivity index (χ1n) is 7.22. The Morgan fingerprint density at radius 2 is 1.92 bits per heavy atom. The van der Waals surface area contributed by atoms with Crippen molar-refractivity contribution in [1.29, 1.82) is 0 Å². The third-order valence-electron chi connectivity index (χ3n) is 4.43. The number of anilines is 1. The number of sulfonamides is 1. The maximum Gasteiger partial charge on any atom is 0.321 e. The number of likely N-dealkylation sites (N-methyl/N-ethyl adjacent to an activating group) is 1. The molecule has 1 unspecified atom stereocenters. The van der Waals surface area contributed by atoms with Crippen molar-refractivity contribution < 1.29 is 23.1 Å². The van der Waals surface area contributed by atoms with Crippen LogP contribution in [0.15, 0.2) is 35.2 Å². The summed E-state index contributed by atoms with van der Waals surface area (Å²) in [5.74, 6) is -1.43. The molecular formula is C16H16N2O5S. The number of aliphatic carboxylic acids is 1. The minimum Gasteiger partial charge on any atom is -0.480 e. The normalized spacial score (nSPS) is 15.3. The van der Waals surface area contributed by atoms with Gasteiger partial charge in [-0.2, -0.15) is 4.31 Å². The Bertz CT molecular complexity index is 983. The standard InChI is InChI=1S/C16H16N2O5S/c1-9(16(20)21)18(3)24(22,23)13-8-7-12-14-10(13)5-4-6-11(14)15(19)17(12)2/h4-9H,1-3H3,(H,20,21). The van der Waals surface area contributed by atoms with Crippen LogP contribution in [0, 0.1) is 0 Å². The fourth-order valence-electron chi connectivity index (χ4n) is 2.85. The van der Waals surface area contributed by atoms with Gasteiger partial charge in [-0.3, -0.25) is 9.59 Å². The maximum absolute atomic E-state index is 12.9. The average Bonchev–Trinajstić information content (AvgIpc) is 2.80. The molecule has 0 bridgehead atoms. The van der Waals surface area contributed by atoms with Crippen molar-refractivity contribution in [3.05, 3.63) is 35.9 Å². The van der Waals surface area contributed by atoms with Gasteiger partial charge in [-0.25, -0.2) is 8.42 Å². The first-order chi connectivity index (χ1) is 11.2. The summed E-state index contributed by atoms with van der Waals surface area (Å²) in [5, 5.41) is 10.1. The van der Waals surface area contributed by atoms with Crippen molar-refractivity contribution in [2.75, 3.05) is 19.0 Å². The first kappa shape index (κ1) is 16.4. The molecular weight excluding hydrogens is 332 g/mol. The van der Waals surface area contributed by atoms with Gasteiger partial charge < -0.3 is 10.0 Å². The number of hydrogen-bond donors (Lipinski definition) is 1. The van der Waals surface area contributed by atoms with E-state index in [-0.39, 0.29) is 10.8 Å². The molecule has 2 aromatic carbocycles. The minimum absolute atomic E-state index is 0.0122. The number of amides is 1. The second-order valence-electron chi connectivity index (χ2n) is 5.71. The van der Waals surface area contributed by atoms with E-state index in [4.69, 9.17) is 5.11 Å². The Balaban J connectivity index is 2.27. The number of carboxylic acids is 1. The van der Waals surface area contributed by atoms with Gasteiger partial charge >= 0.3 is 5.97 Å². The zero-order chi connectivity index (χ0) is 17.8. The highest BCUT2D eigenvalue weighted by molar-refractivity contribution is 7.89. The van der Waals surface area contributed by atoms with Crippen LogP contribution in [0.25, 0.3) is 10.8 Å². The second kappa shape index (κ2) is 5.29. The SMILES string of the molecule is CC(C(=O)O)N(C)S(=O)(=O)c1ccc2c3c(cccc13)C(=O)N2C. The van der Waals surface area contributed by atoms with Crippen LogP contribution in [-0.4, -0.2) is 49.8 Å². The molecule has 0 saturated carbocycles. The number of rotatable bonds is 4. The van der Waals surface area contributed by atoms with Gasteiger partial charge in [0.15, 0.2) is 0 Å². The van der Waals surface area contributed by atoms with Gasteiger partial charge in [0.05, 0.1) is 10.6 Å². The van der Waals surface area contributed by atoms with Crippen molar-refractivity contribution in [3.8, 4) is 0 Å². The summed E-state index contributed by atoms with van der Waals surface area (Å²) in [6.07, 6.45) is 0. The summed E-state index contributed by atoms with van der Waals surface area (Å²) >= 11 is 0. The van der Waals surface area contributed by atoms with Gasteiger partial charge in [0.2, 0.25) is 10.0 Å². The summed E-state index contributed by atoms with van der Waals surface area (Å²) in [6.45, 7) is 1.30. The molecule has 0 saturated heterocycles. The predicted octanol–water partition coefficient (Wildman–Crippen LogP) is 1.52. The van der Waals surface area contributed by atoms with Crippen LogP contribution in [0.2, 0.25) is 0 Å². The van der Waals surface area contributed by atoms with Gasteiger partial charge in [0.25, 0.3) is 5.91 Å². The summed E-state index contributed by atoms with van der Waals surface area (Å²) in [7, 11) is -1.17. The van der Waals surface area contributed by atoms with Crippen molar-refractivity contribution >= 4 is 38.4 Å². The van der Waals surface area contributed by atoms with E-state index in [9.17, 15) is 18.0 Å². The zero-order valence-corrected chi connectivity index (χ0v) is 14.2.